The summed E-state index contributed by atoms with van der Waals surface area (Å²) in [5.41, 5.74) is 0. The van der Waals surface area contributed by atoms with Gasteiger partial charge in [-0.1, -0.05) is 13.8 Å². The number of rotatable bonds is 7. The molecule has 1 aromatic rings. The van der Waals surface area contributed by atoms with Gasteiger partial charge >= 0.3 is 0 Å². The van der Waals surface area contributed by atoms with Crippen LogP contribution >= 0.6 is 0 Å². The van der Waals surface area contributed by atoms with Gasteiger partial charge in [0.15, 0.2) is 0 Å². The summed E-state index contributed by atoms with van der Waals surface area (Å²) in [5, 5.41) is 3.32. The van der Waals surface area contributed by atoms with Crippen LogP contribution in [0.5, 0.6) is 0 Å². The molecule has 1 aliphatic rings. The quantitative estimate of drug-likeness (QED) is 0.838. The van der Waals surface area contributed by atoms with E-state index in [1.54, 1.807) is 20.0 Å². The molecule has 1 aliphatic carbocycles. The highest BCUT2D eigenvalue weighted by molar-refractivity contribution is 7.89. The number of furan rings is 1. The lowest BCUT2D eigenvalue weighted by Crippen LogP contribution is -2.30. The fraction of sp³-hybridized carbons (Fsp3) is 0.714. The second-order valence-corrected chi connectivity index (χ2v) is 7.98. The van der Waals surface area contributed by atoms with Crippen LogP contribution in [0.2, 0.25) is 0 Å². The van der Waals surface area contributed by atoms with Crippen LogP contribution < -0.4 is 5.32 Å². The van der Waals surface area contributed by atoms with Crippen LogP contribution in [-0.4, -0.2) is 32.4 Å². The summed E-state index contributed by atoms with van der Waals surface area (Å²) < 4.78 is 32.0. The van der Waals surface area contributed by atoms with Gasteiger partial charge in [0.05, 0.1) is 6.54 Å². The topological polar surface area (TPSA) is 62.6 Å². The largest absolute Gasteiger partial charge is 0.464 e. The van der Waals surface area contributed by atoms with Crippen molar-refractivity contribution in [3.05, 3.63) is 17.6 Å². The Balaban J connectivity index is 2.13. The molecule has 0 atom stereocenters. The van der Waals surface area contributed by atoms with E-state index < -0.39 is 10.0 Å². The maximum Gasteiger partial charge on any atom is 0.246 e. The predicted molar refractivity (Wildman–Crippen MR) is 78.0 cm³/mol. The van der Waals surface area contributed by atoms with E-state index in [0.717, 1.165) is 0 Å². The number of aryl methyl sites for hydroxylation is 1. The molecule has 0 saturated heterocycles. The molecular weight excluding hydrogens is 276 g/mol. The molecule has 0 aliphatic heterocycles. The molecule has 1 aromatic heterocycles. The van der Waals surface area contributed by atoms with Crippen molar-refractivity contribution in [2.24, 2.45) is 5.92 Å². The zero-order chi connectivity index (χ0) is 14.9. The Morgan fingerprint density at radius 1 is 1.45 bits per heavy atom. The van der Waals surface area contributed by atoms with Crippen LogP contribution in [0.15, 0.2) is 15.4 Å². The van der Waals surface area contributed by atoms with Crippen molar-refractivity contribution in [3.8, 4) is 0 Å². The lowest BCUT2D eigenvalue weighted by molar-refractivity contribution is 0.414. The minimum absolute atomic E-state index is 0.285. The summed E-state index contributed by atoms with van der Waals surface area (Å²) in [5.74, 6) is 1.44. The lowest BCUT2D eigenvalue weighted by Gasteiger charge is -2.18. The van der Waals surface area contributed by atoms with E-state index in [-0.39, 0.29) is 10.8 Å². The van der Waals surface area contributed by atoms with E-state index in [9.17, 15) is 8.42 Å². The first kappa shape index (κ1) is 15.5. The molecular formula is C14H24N2O3S. The maximum absolute atomic E-state index is 12.5. The molecule has 1 N–H and O–H groups in total. The smallest absolute Gasteiger partial charge is 0.246 e. The van der Waals surface area contributed by atoms with Gasteiger partial charge in [0.1, 0.15) is 16.4 Å². The standard InChI is InChI=1S/C14H24N2O3S/c1-10(2)9-16(4)20(17,18)14-7-13(19-11(14)3)8-15-12-5-6-12/h7,10,12,15H,5-6,8-9H2,1-4H3. The zero-order valence-corrected chi connectivity index (χ0v) is 13.5. The molecule has 0 radical (unpaired) electrons. The summed E-state index contributed by atoms with van der Waals surface area (Å²) in [6.07, 6.45) is 2.39. The summed E-state index contributed by atoms with van der Waals surface area (Å²) in [4.78, 5) is 0.285. The molecule has 20 heavy (non-hydrogen) atoms. The normalized spacial score (nSPS) is 16.3. The number of nitrogens with one attached hydrogen (secondary N) is 1. The summed E-state index contributed by atoms with van der Waals surface area (Å²) in [6.45, 7) is 6.80. The van der Waals surface area contributed by atoms with Gasteiger partial charge in [-0.25, -0.2) is 12.7 Å². The predicted octanol–water partition coefficient (Wildman–Crippen LogP) is 2.12. The molecule has 0 spiro atoms. The molecule has 1 saturated carbocycles. The average Bonchev–Trinajstić information content (AvgIpc) is 3.08. The van der Waals surface area contributed by atoms with E-state index in [1.807, 2.05) is 13.8 Å². The highest BCUT2D eigenvalue weighted by atomic mass is 32.2. The van der Waals surface area contributed by atoms with Gasteiger partial charge in [-0.2, -0.15) is 0 Å². The van der Waals surface area contributed by atoms with Gasteiger partial charge in [-0.3, -0.25) is 0 Å². The fourth-order valence-electron chi connectivity index (χ4n) is 2.18. The van der Waals surface area contributed by atoms with Gasteiger partial charge in [-0.05, 0) is 25.7 Å². The molecule has 0 amide bonds. The monoisotopic (exact) mass is 300 g/mol. The van der Waals surface area contributed by atoms with E-state index >= 15 is 0 Å². The molecule has 2 rings (SSSR count). The van der Waals surface area contributed by atoms with Crippen LogP contribution in [0, 0.1) is 12.8 Å². The third-order valence-electron chi connectivity index (χ3n) is 3.38. The molecule has 6 heteroatoms. The molecule has 1 fully saturated rings. The highest BCUT2D eigenvalue weighted by Gasteiger charge is 2.27. The van der Waals surface area contributed by atoms with E-state index in [1.165, 1.54) is 17.1 Å². The summed E-state index contributed by atoms with van der Waals surface area (Å²) in [7, 11) is -1.84. The summed E-state index contributed by atoms with van der Waals surface area (Å²) in [6, 6.07) is 2.22. The molecule has 0 bridgehead atoms. The first-order valence-corrected chi connectivity index (χ1v) is 8.53. The van der Waals surface area contributed by atoms with Crippen molar-refractivity contribution < 1.29 is 12.8 Å². The number of sulfonamides is 1. The van der Waals surface area contributed by atoms with Crippen molar-refractivity contribution in [1.29, 1.82) is 0 Å². The van der Waals surface area contributed by atoms with E-state index in [2.05, 4.69) is 5.32 Å². The summed E-state index contributed by atoms with van der Waals surface area (Å²) >= 11 is 0. The average molecular weight is 300 g/mol. The first-order chi connectivity index (χ1) is 9.30. The minimum Gasteiger partial charge on any atom is -0.464 e. The van der Waals surface area contributed by atoms with Crippen molar-refractivity contribution in [2.45, 2.75) is 51.1 Å². The Hall–Kier alpha value is -0.850. The Morgan fingerprint density at radius 2 is 2.10 bits per heavy atom. The molecule has 0 unspecified atom stereocenters. The molecule has 114 valence electrons. The Bertz CT molecular complexity index is 559. The first-order valence-electron chi connectivity index (χ1n) is 7.09. The Morgan fingerprint density at radius 3 is 2.65 bits per heavy atom. The minimum atomic E-state index is -3.46. The van der Waals surface area contributed by atoms with Gasteiger partial charge in [0.2, 0.25) is 10.0 Å². The van der Waals surface area contributed by atoms with Crippen LogP contribution in [0.1, 0.15) is 38.2 Å². The number of hydrogen-bond donors (Lipinski definition) is 1. The van der Waals surface area contributed by atoms with Gasteiger partial charge < -0.3 is 9.73 Å². The number of nitrogens with zero attached hydrogens (tertiary/aromatic N) is 1. The van der Waals surface area contributed by atoms with Crippen molar-refractivity contribution in [2.75, 3.05) is 13.6 Å². The van der Waals surface area contributed by atoms with Gasteiger partial charge in [0, 0.05) is 25.7 Å². The zero-order valence-electron chi connectivity index (χ0n) is 12.6. The SMILES string of the molecule is Cc1oc(CNC2CC2)cc1S(=O)(=O)N(C)CC(C)C. The van der Waals surface area contributed by atoms with Crippen molar-refractivity contribution >= 4 is 10.0 Å². The van der Waals surface area contributed by atoms with Crippen LogP contribution in [-0.2, 0) is 16.6 Å². The van der Waals surface area contributed by atoms with E-state index in [4.69, 9.17) is 4.42 Å². The Labute approximate surface area is 121 Å². The van der Waals surface area contributed by atoms with Crippen LogP contribution in [0.3, 0.4) is 0 Å². The second kappa shape index (κ2) is 5.87. The number of hydrogen-bond acceptors (Lipinski definition) is 4. The van der Waals surface area contributed by atoms with Crippen molar-refractivity contribution in [1.82, 2.24) is 9.62 Å². The van der Waals surface area contributed by atoms with Gasteiger partial charge in [0.25, 0.3) is 0 Å². The molecule has 5 nitrogen and oxygen atoms in total. The second-order valence-electron chi connectivity index (χ2n) is 5.97. The molecule has 0 aromatic carbocycles. The third-order valence-corrected chi connectivity index (χ3v) is 5.31. The van der Waals surface area contributed by atoms with Crippen LogP contribution in [0.25, 0.3) is 0 Å². The third kappa shape index (κ3) is 3.62. The van der Waals surface area contributed by atoms with Crippen molar-refractivity contribution in [3.63, 3.8) is 0 Å². The maximum atomic E-state index is 12.5. The fourth-order valence-corrected chi connectivity index (χ4v) is 3.70. The van der Waals surface area contributed by atoms with Crippen LogP contribution in [0.4, 0.5) is 0 Å². The lowest BCUT2D eigenvalue weighted by atomic mass is 10.2. The Kier molecular flexibility index (Phi) is 4.56. The van der Waals surface area contributed by atoms with E-state index in [0.29, 0.717) is 30.7 Å². The highest BCUT2D eigenvalue weighted by Crippen LogP contribution is 2.25. The van der Waals surface area contributed by atoms with Gasteiger partial charge in [-0.15, -0.1) is 0 Å². The molecule has 1 heterocycles.